The van der Waals surface area contributed by atoms with E-state index in [1.54, 1.807) is 20.4 Å². The molecule has 0 saturated carbocycles. The number of aromatic nitrogens is 1. The van der Waals surface area contributed by atoms with E-state index in [2.05, 4.69) is 26.9 Å². The summed E-state index contributed by atoms with van der Waals surface area (Å²) < 4.78 is 10.6. The second-order valence-electron chi connectivity index (χ2n) is 4.86. The molecule has 1 rings (SSSR count). The fourth-order valence-electron chi connectivity index (χ4n) is 1.89. The molecule has 1 aromatic heterocycles. The van der Waals surface area contributed by atoms with Gasteiger partial charge in [0.2, 0.25) is 5.88 Å². The predicted octanol–water partition coefficient (Wildman–Crippen LogP) is 1.91. The van der Waals surface area contributed by atoms with Gasteiger partial charge >= 0.3 is 0 Å². The van der Waals surface area contributed by atoms with Crippen LogP contribution in [-0.2, 0) is 11.3 Å². The van der Waals surface area contributed by atoms with Crippen molar-refractivity contribution in [2.24, 2.45) is 4.99 Å². The maximum atomic E-state index is 5.63. The van der Waals surface area contributed by atoms with Crippen LogP contribution in [0.15, 0.2) is 23.3 Å². The summed E-state index contributed by atoms with van der Waals surface area (Å²) in [5.41, 5.74) is 0.994. The molecule has 0 aliphatic carbocycles. The quantitative estimate of drug-likeness (QED) is 0.364. The first kappa shape index (κ1) is 19.6. The molecule has 6 nitrogen and oxygen atoms in total. The zero-order valence-electron chi connectivity index (χ0n) is 14.3. The number of pyridine rings is 1. The van der Waals surface area contributed by atoms with Crippen LogP contribution in [0.2, 0.25) is 0 Å². The van der Waals surface area contributed by atoms with Crippen molar-refractivity contribution in [3.05, 3.63) is 23.9 Å². The van der Waals surface area contributed by atoms with Gasteiger partial charge in [-0.05, 0) is 30.9 Å². The lowest BCUT2D eigenvalue weighted by molar-refractivity contribution is 0.143. The molecule has 0 aromatic carbocycles. The average Bonchev–Trinajstić information content (AvgIpc) is 2.58. The molecule has 0 radical (unpaired) electrons. The normalized spacial score (nSPS) is 11.3. The summed E-state index contributed by atoms with van der Waals surface area (Å²) in [6, 6.07) is 3.90. The molecule has 0 spiro atoms. The van der Waals surface area contributed by atoms with Gasteiger partial charge in [0.05, 0.1) is 6.61 Å². The molecular weight excluding hydrogens is 312 g/mol. The number of aliphatic imine (C=N–C) groups is 1. The van der Waals surface area contributed by atoms with Crippen LogP contribution in [0.5, 0.6) is 5.88 Å². The van der Waals surface area contributed by atoms with E-state index in [9.17, 15) is 0 Å². The Kier molecular flexibility index (Phi) is 11.1. The summed E-state index contributed by atoms with van der Waals surface area (Å²) in [6.07, 6.45) is 6.21. The smallest absolute Gasteiger partial charge is 0.218 e. The summed E-state index contributed by atoms with van der Waals surface area (Å²) >= 11 is 1.88. The minimum Gasteiger partial charge on any atom is -0.475 e. The number of guanidine groups is 1. The molecule has 7 heteroatoms. The number of nitrogens with zero attached hydrogens (tertiary/aromatic N) is 2. The standard InChI is InChI=1S/C16H28N4O2S/c1-17-16(19-8-4-5-12-23-3)20-13-14-7-6-9-18-15(14)22-11-10-21-2/h6-7,9H,4-5,8,10-13H2,1-3H3,(H2,17,19,20). The first-order valence-electron chi connectivity index (χ1n) is 7.81. The Hall–Kier alpha value is -1.47. The Bertz CT molecular complexity index is 457. The van der Waals surface area contributed by atoms with Crippen molar-refractivity contribution in [3.8, 4) is 5.88 Å². The van der Waals surface area contributed by atoms with E-state index in [1.165, 1.54) is 12.2 Å². The molecule has 0 aliphatic heterocycles. The first-order chi connectivity index (χ1) is 11.3. The molecule has 0 bridgehead atoms. The van der Waals surface area contributed by atoms with Crippen molar-refractivity contribution < 1.29 is 9.47 Å². The van der Waals surface area contributed by atoms with Crippen LogP contribution in [0.1, 0.15) is 18.4 Å². The number of ether oxygens (including phenoxy) is 2. The largest absolute Gasteiger partial charge is 0.475 e. The number of thioether (sulfide) groups is 1. The van der Waals surface area contributed by atoms with Gasteiger partial charge in [-0.1, -0.05) is 6.07 Å². The van der Waals surface area contributed by atoms with Crippen molar-refractivity contribution in [1.29, 1.82) is 0 Å². The van der Waals surface area contributed by atoms with Gasteiger partial charge in [0.1, 0.15) is 6.61 Å². The minimum absolute atomic E-state index is 0.489. The molecular formula is C16H28N4O2S. The highest BCUT2D eigenvalue weighted by molar-refractivity contribution is 7.98. The first-order valence-corrected chi connectivity index (χ1v) is 9.20. The van der Waals surface area contributed by atoms with E-state index < -0.39 is 0 Å². The third kappa shape index (κ3) is 8.66. The predicted molar refractivity (Wildman–Crippen MR) is 97.4 cm³/mol. The molecule has 1 aromatic rings. The van der Waals surface area contributed by atoms with Crippen LogP contribution in [-0.4, -0.2) is 56.9 Å². The van der Waals surface area contributed by atoms with Crippen molar-refractivity contribution >= 4 is 17.7 Å². The average molecular weight is 340 g/mol. The van der Waals surface area contributed by atoms with Crippen LogP contribution >= 0.6 is 11.8 Å². The maximum absolute atomic E-state index is 5.63. The summed E-state index contributed by atoms with van der Waals surface area (Å²) in [7, 11) is 3.43. The lowest BCUT2D eigenvalue weighted by Gasteiger charge is -2.14. The minimum atomic E-state index is 0.489. The molecule has 0 saturated heterocycles. The van der Waals surface area contributed by atoms with Crippen LogP contribution in [0.3, 0.4) is 0 Å². The van der Waals surface area contributed by atoms with E-state index in [1.807, 2.05) is 23.9 Å². The van der Waals surface area contributed by atoms with E-state index in [-0.39, 0.29) is 0 Å². The fourth-order valence-corrected chi connectivity index (χ4v) is 2.38. The summed E-state index contributed by atoms with van der Waals surface area (Å²) in [4.78, 5) is 8.50. The van der Waals surface area contributed by atoms with Gasteiger partial charge < -0.3 is 20.1 Å². The van der Waals surface area contributed by atoms with E-state index in [0.29, 0.717) is 25.6 Å². The van der Waals surface area contributed by atoms with Crippen LogP contribution < -0.4 is 15.4 Å². The monoisotopic (exact) mass is 340 g/mol. The maximum Gasteiger partial charge on any atom is 0.218 e. The molecule has 0 amide bonds. The molecule has 0 aliphatic rings. The Morgan fingerprint density at radius 1 is 1.30 bits per heavy atom. The number of hydrogen-bond donors (Lipinski definition) is 2. The summed E-state index contributed by atoms with van der Waals surface area (Å²) in [6.45, 7) is 2.57. The summed E-state index contributed by atoms with van der Waals surface area (Å²) in [5.74, 6) is 2.62. The fraction of sp³-hybridized carbons (Fsp3) is 0.625. The van der Waals surface area contributed by atoms with Gasteiger partial charge in [-0.2, -0.15) is 11.8 Å². The van der Waals surface area contributed by atoms with Crippen molar-refractivity contribution in [3.63, 3.8) is 0 Å². The zero-order chi connectivity index (χ0) is 16.8. The number of methoxy groups -OCH3 is 1. The second-order valence-corrected chi connectivity index (χ2v) is 5.85. The molecule has 0 fully saturated rings. The van der Waals surface area contributed by atoms with E-state index in [4.69, 9.17) is 9.47 Å². The molecule has 23 heavy (non-hydrogen) atoms. The van der Waals surface area contributed by atoms with Crippen molar-refractivity contribution in [2.45, 2.75) is 19.4 Å². The number of hydrogen-bond acceptors (Lipinski definition) is 5. The van der Waals surface area contributed by atoms with Crippen molar-refractivity contribution in [2.75, 3.05) is 45.9 Å². The lowest BCUT2D eigenvalue weighted by atomic mass is 10.2. The number of unbranched alkanes of at least 4 members (excludes halogenated alkanes) is 1. The van der Waals surface area contributed by atoms with Gasteiger partial charge in [0.15, 0.2) is 5.96 Å². The van der Waals surface area contributed by atoms with Gasteiger partial charge in [-0.15, -0.1) is 0 Å². The molecule has 0 atom stereocenters. The van der Waals surface area contributed by atoms with Gasteiger partial charge in [0.25, 0.3) is 0 Å². The Labute approximate surface area is 143 Å². The van der Waals surface area contributed by atoms with E-state index in [0.717, 1.165) is 24.5 Å². The summed E-state index contributed by atoms with van der Waals surface area (Å²) in [5, 5.41) is 6.61. The van der Waals surface area contributed by atoms with Crippen LogP contribution in [0.25, 0.3) is 0 Å². The van der Waals surface area contributed by atoms with Gasteiger partial charge in [-0.25, -0.2) is 4.98 Å². The molecule has 130 valence electrons. The topological polar surface area (TPSA) is 67.8 Å². The highest BCUT2D eigenvalue weighted by atomic mass is 32.2. The molecule has 1 heterocycles. The SMILES string of the molecule is CN=C(NCCCCSC)NCc1cccnc1OCCOC. The Balaban J connectivity index is 2.39. The van der Waals surface area contributed by atoms with Gasteiger partial charge in [0, 0.05) is 39.0 Å². The second kappa shape index (κ2) is 13.0. The third-order valence-corrected chi connectivity index (χ3v) is 3.81. The third-order valence-electron chi connectivity index (χ3n) is 3.11. The van der Waals surface area contributed by atoms with Crippen molar-refractivity contribution in [1.82, 2.24) is 15.6 Å². The van der Waals surface area contributed by atoms with Crippen LogP contribution in [0, 0.1) is 0 Å². The zero-order valence-corrected chi connectivity index (χ0v) is 15.1. The highest BCUT2D eigenvalue weighted by Gasteiger charge is 2.05. The molecule has 0 unspecified atom stereocenters. The van der Waals surface area contributed by atoms with E-state index >= 15 is 0 Å². The number of nitrogens with one attached hydrogen (secondary N) is 2. The van der Waals surface area contributed by atoms with Crippen LogP contribution in [0.4, 0.5) is 0 Å². The molecule has 2 N–H and O–H groups in total. The van der Waals surface area contributed by atoms with Gasteiger partial charge in [-0.3, -0.25) is 4.99 Å². The Morgan fingerprint density at radius 2 is 2.17 bits per heavy atom. The Morgan fingerprint density at radius 3 is 2.91 bits per heavy atom. The number of rotatable bonds is 11. The highest BCUT2D eigenvalue weighted by Crippen LogP contribution is 2.13. The lowest BCUT2D eigenvalue weighted by Crippen LogP contribution is -2.37.